The molecule has 7 nitrogen and oxygen atoms in total. The van der Waals surface area contributed by atoms with Gasteiger partial charge in [-0.25, -0.2) is 0 Å². The van der Waals surface area contributed by atoms with Crippen molar-refractivity contribution in [2.45, 2.75) is 6.17 Å². The van der Waals surface area contributed by atoms with E-state index in [4.69, 9.17) is 0 Å². The van der Waals surface area contributed by atoms with E-state index >= 15 is 0 Å². The lowest BCUT2D eigenvalue weighted by atomic mass is 10.0. The second kappa shape index (κ2) is 4.78. The van der Waals surface area contributed by atoms with Gasteiger partial charge in [0.1, 0.15) is 11.9 Å². The minimum atomic E-state index is -0.729. The largest absolute Gasteiger partial charge is 0.508 e. The van der Waals surface area contributed by atoms with Crippen LogP contribution in [0.4, 0.5) is 11.4 Å². The SMILES string of the molecule is O=C1NC(c2cc([N+](=O)[O-])ccc2O)Nc2ccccc21. The molecular weight excluding hydrogens is 274 g/mol. The van der Waals surface area contributed by atoms with E-state index in [9.17, 15) is 20.0 Å². The normalized spacial score (nSPS) is 16.6. The molecule has 3 N–H and O–H groups in total. The number of carbonyl (C=O) groups excluding carboxylic acids is 1. The highest BCUT2D eigenvalue weighted by Gasteiger charge is 2.27. The van der Waals surface area contributed by atoms with Gasteiger partial charge in [0.2, 0.25) is 0 Å². The summed E-state index contributed by atoms with van der Waals surface area (Å²) < 4.78 is 0. The number of nitrogens with one attached hydrogen (secondary N) is 2. The zero-order valence-corrected chi connectivity index (χ0v) is 10.7. The molecule has 1 unspecified atom stereocenters. The topological polar surface area (TPSA) is 104 Å². The molecule has 21 heavy (non-hydrogen) atoms. The summed E-state index contributed by atoms with van der Waals surface area (Å²) in [5.74, 6) is -0.432. The molecule has 106 valence electrons. The summed E-state index contributed by atoms with van der Waals surface area (Å²) in [5, 5.41) is 26.4. The summed E-state index contributed by atoms with van der Waals surface area (Å²) in [6, 6.07) is 10.6. The van der Waals surface area contributed by atoms with Crippen LogP contribution in [0.15, 0.2) is 42.5 Å². The van der Waals surface area contributed by atoms with Crippen LogP contribution in [0.2, 0.25) is 0 Å². The summed E-state index contributed by atoms with van der Waals surface area (Å²) >= 11 is 0. The molecule has 7 heteroatoms. The van der Waals surface area contributed by atoms with Crippen LogP contribution in [-0.2, 0) is 0 Å². The predicted molar refractivity (Wildman–Crippen MR) is 75.0 cm³/mol. The molecule has 0 saturated carbocycles. The van der Waals surface area contributed by atoms with Gasteiger partial charge in [-0.15, -0.1) is 0 Å². The van der Waals surface area contributed by atoms with Crippen LogP contribution in [0.3, 0.4) is 0 Å². The van der Waals surface area contributed by atoms with E-state index in [1.54, 1.807) is 24.3 Å². The van der Waals surface area contributed by atoms with Crippen LogP contribution >= 0.6 is 0 Å². The third-order valence-electron chi connectivity index (χ3n) is 3.28. The molecule has 0 spiro atoms. The standard InChI is InChI=1S/C14H11N3O4/c18-12-6-5-8(17(20)21)7-10(12)13-15-11-4-2-1-3-9(11)14(19)16-13/h1-7,13,15,18H,(H,16,19). The van der Waals surface area contributed by atoms with E-state index in [1.807, 2.05) is 0 Å². The van der Waals surface area contributed by atoms with E-state index in [2.05, 4.69) is 10.6 Å². The number of para-hydroxylation sites is 1. The van der Waals surface area contributed by atoms with Crippen molar-refractivity contribution in [2.24, 2.45) is 0 Å². The second-order valence-electron chi connectivity index (χ2n) is 4.60. The number of amides is 1. The monoisotopic (exact) mass is 285 g/mol. The van der Waals surface area contributed by atoms with Crippen LogP contribution in [0.1, 0.15) is 22.1 Å². The maximum absolute atomic E-state index is 12.0. The second-order valence-corrected chi connectivity index (χ2v) is 4.60. The van der Waals surface area contributed by atoms with E-state index in [0.717, 1.165) is 0 Å². The van der Waals surface area contributed by atoms with Gasteiger partial charge in [-0.2, -0.15) is 0 Å². The van der Waals surface area contributed by atoms with Crippen molar-refractivity contribution in [3.8, 4) is 5.75 Å². The quantitative estimate of drug-likeness (QED) is 0.579. The number of anilines is 1. The molecule has 1 aliphatic rings. The minimum absolute atomic E-state index is 0.127. The van der Waals surface area contributed by atoms with Crippen molar-refractivity contribution in [3.63, 3.8) is 0 Å². The number of phenols is 1. The third kappa shape index (κ3) is 2.25. The highest BCUT2D eigenvalue weighted by Crippen LogP contribution is 2.32. The van der Waals surface area contributed by atoms with E-state index in [1.165, 1.54) is 18.2 Å². The first-order valence-electron chi connectivity index (χ1n) is 6.20. The average Bonchev–Trinajstić information content (AvgIpc) is 2.47. The number of nitro groups is 1. The van der Waals surface area contributed by atoms with Crippen molar-refractivity contribution >= 4 is 17.3 Å². The van der Waals surface area contributed by atoms with Crippen LogP contribution in [0.25, 0.3) is 0 Å². The number of rotatable bonds is 2. The summed E-state index contributed by atoms with van der Waals surface area (Å²) in [6.07, 6.45) is -0.729. The summed E-state index contributed by atoms with van der Waals surface area (Å²) in [6.45, 7) is 0. The Kier molecular flexibility index (Phi) is 2.94. The number of hydrogen-bond donors (Lipinski definition) is 3. The van der Waals surface area contributed by atoms with Crippen LogP contribution in [0.5, 0.6) is 5.75 Å². The van der Waals surface area contributed by atoms with Gasteiger partial charge >= 0.3 is 0 Å². The smallest absolute Gasteiger partial charge is 0.270 e. The van der Waals surface area contributed by atoms with E-state index < -0.39 is 11.1 Å². The van der Waals surface area contributed by atoms with Gasteiger partial charge in [-0.3, -0.25) is 14.9 Å². The Hall–Kier alpha value is -3.09. The van der Waals surface area contributed by atoms with E-state index in [-0.39, 0.29) is 22.9 Å². The molecule has 2 aromatic carbocycles. The maximum Gasteiger partial charge on any atom is 0.270 e. The molecule has 1 aliphatic heterocycles. The third-order valence-corrected chi connectivity index (χ3v) is 3.28. The Labute approximate surface area is 119 Å². The number of aromatic hydroxyl groups is 1. The number of benzene rings is 2. The summed E-state index contributed by atoms with van der Waals surface area (Å²) in [7, 11) is 0. The average molecular weight is 285 g/mol. The fourth-order valence-electron chi connectivity index (χ4n) is 2.25. The fourth-order valence-corrected chi connectivity index (χ4v) is 2.25. The maximum atomic E-state index is 12.0. The van der Waals surface area contributed by atoms with Crippen LogP contribution in [-0.4, -0.2) is 15.9 Å². The molecular formula is C14H11N3O4. The molecule has 0 aromatic heterocycles. The Morgan fingerprint density at radius 2 is 1.90 bits per heavy atom. The highest BCUT2D eigenvalue weighted by atomic mass is 16.6. The van der Waals surface area contributed by atoms with Crippen molar-refractivity contribution in [1.82, 2.24) is 5.32 Å². The van der Waals surface area contributed by atoms with Gasteiger partial charge in [0.05, 0.1) is 10.5 Å². The lowest BCUT2D eigenvalue weighted by Crippen LogP contribution is -2.38. The highest BCUT2D eigenvalue weighted by molar-refractivity contribution is 6.01. The van der Waals surface area contributed by atoms with Gasteiger partial charge in [0.25, 0.3) is 11.6 Å². The number of nitro benzene ring substituents is 1. The van der Waals surface area contributed by atoms with E-state index in [0.29, 0.717) is 11.3 Å². The Bertz CT molecular complexity index is 745. The molecule has 1 amide bonds. The molecule has 0 bridgehead atoms. The Morgan fingerprint density at radius 3 is 2.67 bits per heavy atom. The number of carbonyl (C=O) groups is 1. The van der Waals surface area contributed by atoms with Crippen molar-refractivity contribution in [1.29, 1.82) is 0 Å². The molecule has 0 fully saturated rings. The lowest BCUT2D eigenvalue weighted by Gasteiger charge is -2.28. The van der Waals surface area contributed by atoms with Crippen LogP contribution in [0, 0.1) is 10.1 Å². The number of hydrogen-bond acceptors (Lipinski definition) is 5. The number of non-ortho nitro benzene ring substituents is 1. The minimum Gasteiger partial charge on any atom is -0.508 e. The number of fused-ring (bicyclic) bond motifs is 1. The first kappa shape index (κ1) is 12.9. The molecule has 2 aromatic rings. The predicted octanol–water partition coefficient (Wildman–Crippen LogP) is 2.15. The Balaban J connectivity index is 2.01. The molecule has 1 heterocycles. The number of phenolic OH excluding ortho intramolecular Hbond substituents is 1. The number of nitrogens with zero attached hydrogens (tertiary/aromatic N) is 1. The van der Waals surface area contributed by atoms with Gasteiger partial charge in [-0.05, 0) is 18.2 Å². The fraction of sp³-hybridized carbons (Fsp3) is 0.0714. The van der Waals surface area contributed by atoms with Crippen molar-refractivity contribution < 1.29 is 14.8 Å². The van der Waals surface area contributed by atoms with Crippen molar-refractivity contribution in [2.75, 3.05) is 5.32 Å². The zero-order valence-electron chi connectivity index (χ0n) is 10.7. The molecule has 0 aliphatic carbocycles. The Morgan fingerprint density at radius 1 is 1.14 bits per heavy atom. The molecule has 0 saturated heterocycles. The first-order chi connectivity index (χ1) is 10.1. The van der Waals surface area contributed by atoms with Crippen molar-refractivity contribution in [3.05, 3.63) is 63.7 Å². The van der Waals surface area contributed by atoms with Crippen LogP contribution < -0.4 is 10.6 Å². The lowest BCUT2D eigenvalue weighted by molar-refractivity contribution is -0.385. The summed E-state index contributed by atoms with van der Waals surface area (Å²) in [4.78, 5) is 22.3. The van der Waals surface area contributed by atoms with Gasteiger partial charge < -0.3 is 15.7 Å². The summed E-state index contributed by atoms with van der Waals surface area (Å²) in [5.41, 5.74) is 1.18. The molecule has 1 atom stereocenters. The van der Waals surface area contributed by atoms with Gasteiger partial charge in [0.15, 0.2) is 0 Å². The first-order valence-corrected chi connectivity index (χ1v) is 6.20. The zero-order chi connectivity index (χ0) is 15.0. The molecule has 3 rings (SSSR count). The van der Waals surface area contributed by atoms with Gasteiger partial charge in [0, 0.05) is 23.4 Å². The van der Waals surface area contributed by atoms with Gasteiger partial charge in [-0.1, -0.05) is 12.1 Å². The molecule has 0 radical (unpaired) electrons.